The number of fused-ring (bicyclic) bond motifs is 1. The van der Waals surface area contributed by atoms with Crippen molar-refractivity contribution in [1.29, 1.82) is 0 Å². The first kappa shape index (κ1) is 19.2. The van der Waals surface area contributed by atoms with Crippen LogP contribution in [0.5, 0.6) is 0 Å². The number of carbonyl (C=O) groups is 4. The Kier molecular flexibility index (Phi) is 5.12. The van der Waals surface area contributed by atoms with E-state index >= 15 is 0 Å². The molecule has 9 nitrogen and oxygen atoms in total. The highest BCUT2D eigenvalue weighted by molar-refractivity contribution is 7.13. The monoisotopic (exact) mass is 413 g/mol. The lowest BCUT2D eigenvalue weighted by molar-refractivity contribution is -0.136. The topological polar surface area (TPSA) is 134 Å². The average molecular weight is 413 g/mol. The molecule has 150 valence electrons. The van der Waals surface area contributed by atoms with E-state index in [9.17, 15) is 19.2 Å². The van der Waals surface area contributed by atoms with Gasteiger partial charge in [-0.15, -0.1) is 11.3 Å². The van der Waals surface area contributed by atoms with Crippen molar-refractivity contribution in [2.45, 2.75) is 31.8 Å². The third kappa shape index (κ3) is 3.64. The number of hydrogen-bond donors (Lipinski definition) is 3. The first-order valence-electron chi connectivity index (χ1n) is 9.21. The standard InChI is InChI=1S/C19H19N5O4S/c20-6-5-11-9-29-19(22-11)21-8-10-1-2-12-13(7-10)18(28)24(17(12)27)14-3-4-15(25)23-16(14)26/h1-2,7,9,14H,3-6,8,20H2,(H,21,22)(H,23,25,26). The van der Waals surface area contributed by atoms with E-state index in [1.165, 1.54) is 11.3 Å². The number of nitrogens with one attached hydrogen (secondary N) is 2. The van der Waals surface area contributed by atoms with Gasteiger partial charge in [-0.1, -0.05) is 6.07 Å². The van der Waals surface area contributed by atoms with Crippen molar-refractivity contribution < 1.29 is 19.2 Å². The summed E-state index contributed by atoms with van der Waals surface area (Å²) in [6, 6.07) is 4.06. The summed E-state index contributed by atoms with van der Waals surface area (Å²) in [7, 11) is 0. The van der Waals surface area contributed by atoms with E-state index in [-0.39, 0.29) is 24.0 Å². The van der Waals surface area contributed by atoms with Crippen LogP contribution in [0.1, 0.15) is 44.8 Å². The van der Waals surface area contributed by atoms with Gasteiger partial charge in [0, 0.05) is 24.8 Å². The molecule has 4 rings (SSSR count). The second kappa shape index (κ2) is 7.72. The van der Waals surface area contributed by atoms with Crippen LogP contribution in [0.4, 0.5) is 5.13 Å². The number of carbonyl (C=O) groups excluding carboxylic acids is 4. The van der Waals surface area contributed by atoms with Gasteiger partial charge in [0.05, 0.1) is 16.8 Å². The van der Waals surface area contributed by atoms with Crippen LogP contribution in [0.25, 0.3) is 0 Å². The fourth-order valence-corrected chi connectivity index (χ4v) is 4.20. The number of rotatable bonds is 6. The second-order valence-electron chi connectivity index (χ2n) is 6.86. The van der Waals surface area contributed by atoms with Crippen LogP contribution in [0.3, 0.4) is 0 Å². The Bertz CT molecular complexity index is 1020. The Balaban J connectivity index is 1.49. The van der Waals surface area contributed by atoms with E-state index in [0.717, 1.165) is 21.3 Å². The lowest BCUT2D eigenvalue weighted by Crippen LogP contribution is -2.54. The molecule has 0 aliphatic carbocycles. The van der Waals surface area contributed by atoms with Gasteiger partial charge in [0.25, 0.3) is 11.8 Å². The molecule has 29 heavy (non-hydrogen) atoms. The second-order valence-corrected chi connectivity index (χ2v) is 7.72. The van der Waals surface area contributed by atoms with Crippen molar-refractivity contribution in [2.24, 2.45) is 5.73 Å². The average Bonchev–Trinajstić information content (AvgIpc) is 3.24. The van der Waals surface area contributed by atoms with Crippen molar-refractivity contribution in [1.82, 2.24) is 15.2 Å². The molecule has 1 aromatic heterocycles. The molecule has 10 heteroatoms. The van der Waals surface area contributed by atoms with Gasteiger partial charge >= 0.3 is 0 Å². The molecule has 0 bridgehead atoms. The molecule has 1 aromatic carbocycles. The van der Waals surface area contributed by atoms with Gasteiger partial charge in [0.15, 0.2) is 5.13 Å². The van der Waals surface area contributed by atoms with Crippen LogP contribution in [-0.4, -0.2) is 46.1 Å². The van der Waals surface area contributed by atoms with Crippen LogP contribution in [0, 0.1) is 0 Å². The Labute approximate surface area is 170 Å². The molecule has 1 fully saturated rings. The molecule has 4 N–H and O–H groups in total. The number of nitrogens with zero attached hydrogens (tertiary/aromatic N) is 2. The number of aromatic nitrogens is 1. The van der Waals surface area contributed by atoms with Crippen LogP contribution < -0.4 is 16.4 Å². The molecule has 2 aliphatic heterocycles. The normalized spacial score (nSPS) is 18.8. The van der Waals surface area contributed by atoms with Gasteiger partial charge in [-0.25, -0.2) is 4.98 Å². The number of hydrogen-bond acceptors (Lipinski definition) is 8. The molecular weight excluding hydrogens is 394 g/mol. The fourth-order valence-electron chi connectivity index (χ4n) is 3.46. The Morgan fingerprint density at radius 1 is 1.21 bits per heavy atom. The van der Waals surface area contributed by atoms with E-state index in [0.29, 0.717) is 19.5 Å². The lowest BCUT2D eigenvalue weighted by Gasteiger charge is -2.27. The molecule has 2 aliphatic rings. The third-order valence-corrected chi connectivity index (χ3v) is 5.75. The number of piperidine rings is 1. The van der Waals surface area contributed by atoms with E-state index in [1.54, 1.807) is 18.2 Å². The van der Waals surface area contributed by atoms with Gasteiger partial charge in [0.1, 0.15) is 6.04 Å². The summed E-state index contributed by atoms with van der Waals surface area (Å²) in [6.07, 6.45) is 0.947. The number of amides is 4. The van der Waals surface area contributed by atoms with Crippen LogP contribution >= 0.6 is 11.3 Å². The fraction of sp³-hybridized carbons (Fsp3) is 0.316. The van der Waals surface area contributed by atoms with Gasteiger partial charge in [-0.3, -0.25) is 29.4 Å². The van der Waals surface area contributed by atoms with E-state index in [2.05, 4.69) is 15.6 Å². The first-order valence-corrected chi connectivity index (χ1v) is 10.1. The highest BCUT2D eigenvalue weighted by Crippen LogP contribution is 2.28. The molecule has 4 amide bonds. The molecule has 3 heterocycles. The van der Waals surface area contributed by atoms with Gasteiger partial charge in [-0.2, -0.15) is 0 Å². The van der Waals surface area contributed by atoms with Gasteiger partial charge in [-0.05, 0) is 30.7 Å². The smallest absolute Gasteiger partial charge is 0.262 e. The molecule has 2 aromatic rings. The number of thiazole rings is 1. The SMILES string of the molecule is NCCc1csc(NCc2ccc3c(c2)C(=O)N(C2CCC(=O)NC2=O)C3=O)n1. The Morgan fingerprint density at radius 2 is 2.00 bits per heavy atom. The summed E-state index contributed by atoms with van der Waals surface area (Å²) < 4.78 is 0. The first-order chi connectivity index (χ1) is 14.0. The van der Waals surface area contributed by atoms with Crippen molar-refractivity contribution in [3.63, 3.8) is 0 Å². The minimum absolute atomic E-state index is 0.0962. The van der Waals surface area contributed by atoms with E-state index in [4.69, 9.17) is 5.73 Å². The molecule has 0 spiro atoms. The number of benzene rings is 1. The Morgan fingerprint density at radius 3 is 2.76 bits per heavy atom. The third-order valence-electron chi connectivity index (χ3n) is 4.90. The predicted molar refractivity (Wildman–Crippen MR) is 105 cm³/mol. The lowest BCUT2D eigenvalue weighted by atomic mass is 10.0. The molecule has 0 saturated carbocycles. The summed E-state index contributed by atoms with van der Waals surface area (Å²) >= 11 is 1.48. The zero-order valence-corrected chi connectivity index (χ0v) is 16.3. The van der Waals surface area contributed by atoms with Crippen LogP contribution in [0.2, 0.25) is 0 Å². The minimum Gasteiger partial charge on any atom is -0.357 e. The summed E-state index contributed by atoms with van der Waals surface area (Å²) in [4.78, 5) is 54.4. The number of anilines is 1. The van der Waals surface area contributed by atoms with Gasteiger partial charge < -0.3 is 11.1 Å². The maximum Gasteiger partial charge on any atom is 0.262 e. The van der Waals surface area contributed by atoms with Crippen LogP contribution in [0.15, 0.2) is 23.6 Å². The predicted octanol–water partition coefficient (Wildman–Crippen LogP) is 0.658. The molecule has 1 atom stereocenters. The summed E-state index contributed by atoms with van der Waals surface area (Å²) in [6.45, 7) is 0.969. The molecule has 1 unspecified atom stereocenters. The molecule has 0 radical (unpaired) electrons. The summed E-state index contributed by atoms with van der Waals surface area (Å²) in [5.41, 5.74) is 7.80. The zero-order valence-electron chi connectivity index (χ0n) is 15.4. The van der Waals surface area contributed by atoms with Crippen molar-refractivity contribution in [3.05, 3.63) is 46.0 Å². The summed E-state index contributed by atoms with van der Waals surface area (Å²) in [5, 5.41) is 8.08. The maximum atomic E-state index is 12.8. The molecular formula is C19H19N5O4S. The quantitative estimate of drug-likeness (QED) is 0.592. The zero-order chi connectivity index (χ0) is 20.5. The highest BCUT2D eigenvalue weighted by atomic mass is 32.1. The van der Waals surface area contributed by atoms with Crippen molar-refractivity contribution >= 4 is 40.1 Å². The minimum atomic E-state index is -0.960. The molecule has 1 saturated heterocycles. The Hall–Kier alpha value is -3.11. The van der Waals surface area contributed by atoms with E-state index in [1.807, 2.05) is 5.38 Å². The van der Waals surface area contributed by atoms with Gasteiger partial charge in [0.2, 0.25) is 11.8 Å². The van der Waals surface area contributed by atoms with Crippen molar-refractivity contribution in [3.8, 4) is 0 Å². The summed E-state index contributed by atoms with van der Waals surface area (Å²) in [5.74, 6) is -2.03. The largest absolute Gasteiger partial charge is 0.357 e. The number of nitrogens with two attached hydrogens (primary N) is 1. The van der Waals surface area contributed by atoms with Crippen molar-refractivity contribution in [2.75, 3.05) is 11.9 Å². The maximum absolute atomic E-state index is 12.8. The van der Waals surface area contributed by atoms with Crippen LogP contribution in [-0.2, 0) is 22.6 Å². The van der Waals surface area contributed by atoms with E-state index < -0.39 is 29.7 Å². The number of imide groups is 2. The highest BCUT2D eigenvalue weighted by Gasteiger charge is 2.44.